The van der Waals surface area contributed by atoms with Gasteiger partial charge < -0.3 is 9.80 Å². The Balaban J connectivity index is 1.04. The molecule has 4 aliphatic rings. The quantitative estimate of drug-likeness (QED) is 0.182. The van der Waals surface area contributed by atoms with Gasteiger partial charge >= 0.3 is 0 Å². The Morgan fingerprint density at radius 3 is 2.24 bits per heavy atom. The topological polar surface area (TPSA) is 6.48 Å². The highest BCUT2D eigenvalue weighted by Gasteiger charge is 2.38. The maximum absolute atomic E-state index is 2.65. The van der Waals surface area contributed by atoms with Gasteiger partial charge in [-0.1, -0.05) is 103 Å². The second-order valence-corrected chi connectivity index (χ2v) is 14.8. The molecule has 0 amide bonds. The highest BCUT2D eigenvalue weighted by atomic mass is 32.1. The van der Waals surface area contributed by atoms with Crippen LogP contribution in [0.4, 0.5) is 22.7 Å². The molecule has 10 rings (SSSR count). The van der Waals surface area contributed by atoms with Crippen LogP contribution in [0.5, 0.6) is 0 Å². The number of nitrogens with zero attached hydrogens (tertiary/aromatic N) is 2. The number of allylic oxidation sites excluding steroid dienone is 5. The zero-order valence-electron chi connectivity index (χ0n) is 28.0. The normalized spacial score (nSPS) is 18.5. The van der Waals surface area contributed by atoms with Crippen molar-refractivity contribution in [1.82, 2.24) is 0 Å². The van der Waals surface area contributed by atoms with Crippen molar-refractivity contribution in [2.24, 2.45) is 5.92 Å². The van der Waals surface area contributed by atoms with Gasteiger partial charge in [0.15, 0.2) is 0 Å². The van der Waals surface area contributed by atoms with Crippen LogP contribution in [0, 0.1) is 12.8 Å². The zero-order valence-corrected chi connectivity index (χ0v) is 28.8. The van der Waals surface area contributed by atoms with Crippen molar-refractivity contribution in [2.75, 3.05) is 9.80 Å². The monoisotopic (exact) mass is 660 g/mol. The van der Waals surface area contributed by atoms with Crippen molar-refractivity contribution >= 4 is 61.9 Å². The molecule has 0 radical (unpaired) electrons. The van der Waals surface area contributed by atoms with Crippen molar-refractivity contribution in [2.45, 2.75) is 25.8 Å². The number of hydrogen-bond acceptors (Lipinski definition) is 3. The van der Waals surface area contributed by atoms with Crippen LogP contribution in [0.2, 0.25) is 0 Å². The number of rotatable bonds is 5. The fourth-order valence-electron chi connectivity index (χ4n) is 8.43. The van der Waals surface area contributed by atoms with Crippen LogP contribution in [-0.2, 0) is 0 Å². The molecule has 1 aromatic heterocycles. The first kappa shape index (κ1) is 29.3. The van der Waals surface area contributed by atoms with E-state index in [9.17, 15) is 0 Å². The van der Waals surface area contributed by atoms with E-state index in [0.717, 1.165) is 29.9 Å². The van der Waals surface area contributed by atoms with E-state index in [2.05, 4.69) is 181 Å². The molecule has 0 saturated carbocycles. The van der Waals surface area contributed by atoms with E-state index < -0.39 is 0 Å². The van der Waals surface area contributed by atoms with E-state index in [-0.39, 0.29) is 0 Å². The average Bonchev–Trinajstić information content (AvgIpc) is 3.70. The maximum atomic E-state index is 2.65. The Morgan fingerprint density at radius 2 is 1.46 bits per heavy atom. The minimum Gasteiger partial charge on any atom is -0.333 e. The van der Waals surface area contributed by atoms with Gasteiger partial charge in [0.2, 0.25) is 0 Å². The van der Waals surface area contributed by atoms with Gasteiger partial charge in [-0.05, 0) is 114 Å². The van der Waals surface area contributed by atoms with Gasteiger partial charge in [0.1, 0.15) is 0 Å². The van der Waals surface area contributed by atoms with Crippen LogP contribution in [-0.4, -0.2) is 6.04 Å². The molecule has 2 atom stereocenters. The van der Waals surface area contributed by atoms with Gasteiger partial charge in [-0.15, -0.1) is 11.3 Å². The Hall–Kier alpha value is -5.64. The molecule has 0 bridgehead atoms. The van der Waals surface area contributed by atoms with Crippen molar-refractivity contribution in [3.8, 4) is 11.1 Å². The highest BCUT2D eigenvalue weighted by molar-refractivity contribution is 7.17. The first-order valence-corrected chi connectivity index (χ1v) is 18.5. The minimum absolute atomic E-state index is 0.348. The van der Waals surface area contributed by atoms with Crippen LogP contribution < -0.4 is 19.6 Å². The summed E-state index contributed by atoms with van der Waals surface area (Å²) in [4.78, 5) is 4.97. The smallest absolute Gasteiger partial charge is 0.0633 e. The number of anilines is 4. The van der Waals surface area contributed by atoms with Crippen LogP contribution in [0.15, 0.2) is 163 Å². The number of fused-ring (bicyclic) bond motifs is 7. The molecule has 2 unspecified atom stereocenters. The predicted molar refractivity (Wildman–Crippen MR) is 214 cm³/mol. The Morgan fingerprint density at radius 1 is 0.720 bits per heavy atom. The Bertz CT molecular complexity index is 2510. The van der Waals surface area contributed by atoms with E-state index in [4.69, 9.17) is 0 Å². The summed E-state index contributed by atoms with van der Waals surface area (Å²) >= 11 is 1.92. The standard InChI is InChI=1S/C47H36N2S/c1-31-12-10-19-39-38-18-8-9-20-43(38)49(47(31)39)44-21-11-13-34-29-42-41-28-33(24-27-45(41)50-46(42)30-40(34)44)32-22-25-37(26-23-32)48(35-14-4-2-5-15-35)36-16-6-3-7-17-36/h2-12,14-19,21-30,34,43H,13,20H2,1H3. The summed E-state index contributed by atoms with van der Waals surface area (Å²) in [5.41, 5.74) is 14.3. The molecule has 1 aliphatic heterocycles. The summed E-state index contributed by atoms with van der Waals surface area (Å²) in [5.74, 6) is 0.366. The summed E-state index contributed by atoms with van der Waals surface area (Å²) in [6.07, 6.45) is 18.8. The molecule has 240 valence electrons. The van der Waals surface area contributed by atoms with Crippen LogP contribution in [0.25, 0.3) is 38.9 Å². The molecule has 50 heavy (non-hydrogen) atoms. The average molecular weight is 661 g/mol. The molecular formula is C47H36N2S. The fourth-order valence-corrected chi connectivity index (χ4v) is 9.55. The summed E-state index contributed by atoms with van der Waals surface area (Å²) in [6, 6.07) is 44.4. The molecular weight excluding hydrogens is 625 g/mol. The van der Waals surface area contributed by atoms with E-state index in [0.29, 0.717) is 12.0 Å². The second-order valence-electron chi connectivity index (χ2n) is 13.7. The predicted octanol–water partition coefficient (Wildman–Crippen LogP) is 11.0. The number of benzene rings is 5. The molecule has 3 heteroatoms. The van der Waals surface area contributed by atoms with E-state index >= 15 is 0 Å². The number of para-hydroxylation sites is 3. The summed E-state index contributed by atoms with van der Waals surface area (Å²) < 4.78 is 2.72. The summed E-state index contributed by atoms with van der Waals surface area (Å²) in [7, 11) is 0. The van der Waals surface area contributed by atoms with Crippen molar-refractivity contribution in [1.29, 1.82) is 0 Å². The van der Waals surface area contributed by atoms with Gasteiger partial charge in [0, 0.05) is 48.9 Å². The Kier molecular flexibility index (Phi) is 6.89. The minimum atomic E-state index is 0.348. The fraction of sp³-hybridized carbons (Fsp3) is 0.106. The SMILES string of the molecule is Cc1cccc2c1N(C1=C3C=c4sc5ccc(-c6ccc(N(c7ccccc7)c7ccccc7)cc6)cc5c4=CC3CC=C1)C1CC=CC=C21. The van der Waals surface area contributed by atoms with E-state index in [1.807, 2.05) is 11.3 Å². The number of hydrogen-bond donors (Lipinski definition) is 0. The third-order valence-electron chi connectivity index (χ3n) is 10.7. The van der Waals surface area contributed by atoms with Gasteiger partial charge in [-0.25, -0.2) is 0 Å². The molecule has 0 N–H and O–H groups in total. The molecule has 0 fully saturated rings. The van der Waals surface area contributed by atoms with E-state index in [1.54, 1.807) is 0 Å². The first-order valence-electron chi connectivity index (χ1n) is 17.6. The zero-order chi connectivity index (χ0) is 33.2. The lowest BCUT2D eigenvalue weighted by molar-refractivity contribution is 0.757. The van der Waals surface area contributed by atoms with Gasteiger partial charge in [0.05, 0.1) is 11.7 Å². The van der Waals surface area contributed by atoms with Gasteiger partial charge in [0.25, 0.3) is 0 Å². The molecule has 3 aliphatic carbocycles. The molecule has 6 aromatic rings. The van der Waals surface area contributed by atoms with Crippen LogP contribution in [0.1, 0.15) is 24.0 Å². The van der Waals surface area contributed by atoms with Crippen LogP contribution in [0.3, 0.4) is 0 Å². The van der Waals surface area contributed by atoms with Crippen molar-refractivity contribution < 1.29 is 0 Å². The summed E-state index contributed by atoms with van der Waals surface area (Å²) in [6.45, 7) is 2.26. The Labute approximate surface area is 297 Å². The third kappa shape index (κ3) is 4.69. The molecule has 2 heterocycles. The maximum Gasteiger partial charge on any atom is 0.0633 e. The van der Waals surface area contributed by atoms with Crippen LogP contribution >= 0.6 is 11.3 Å². The molecule has 0 saturated heterocycles. The third-order valence-corrected chi connectivity index (χ3v) is 11.9. The second kappa shape index (κ2) is 11.8. The molecule has 0 spiro atoms. The highest BCUT2D eigenvalue weighted by Crippen LogP contribution is 2.49. The lowest BCUT2D eigenvalue weighted by atomic mass is 9.85. The first-order chi connectivity index (χ1) is 24.7. The number of aryl methyl sites for hydroxylation is 1. The van der Waals surface area contributed by atoms with Crippen molar-refractivity contribution in [3.63, 3.8) is 0 Å². The lowest BCUT2D eigenvalue weighted by Gasteiger charge is -2.35. The number of thiophene rings is 1. The van der Waals surface area contributed by atoms with Crippen molar-refractivity contribution in [3.05, 3.63) is 184 Å². The molecule has 2 nitrogen and oxygen atoms in total. The van der Waals surface area contributed by atoms with E-state index in [1.165, 1.54) is 64.6 Å². The van der Waals surface area contributed by atoms with Gasteiger partial charge in [-0.2, -0.15) is 0 Å². The molecule has 5 aromatic carbocycles. The lowest BCUT2D eigenvalue weighted by Crippen LogP contribution is -2.35. The van der Waals surface area contributed by atoms with Gasteiger partial charge in [-0.3, -0.25) is 0 Å². The summed E-state index contributed by atoms with van der Waals surface area (Å²) in [5, 5.41) is 2.75. The largest absolute Gasteiger partial charge is 0.333 e.